The van der Waals surface area contributed by atoms with Crippen LogP contribution < -0.4 is 5.32 Å². The lowest BCUT2D eigenvalue weighted by molar-refractivity contribution is -0.138. The van der Waals surface area contributed by atoms with Gasteiger partial charge in [0, 0.05) is 16.8 Å². The zero-order valence-corrected chi connectivity index (χ0v) is 15.1. The molecule has 0 aromatic heterocycles. The van der Waals surface area contributed by atoms with Crippen LogP contribution in [0.25, 0.3) is 5.57 Å². The van der Waals surface area contributed by atoms with E-state index in [1.165, 1.54) is 4.90 Å². The van der Waals surface area contributed by atoms with Gasteiger partial charge in [0.05, 0.1) is 5.57 Å². The fraction of sp³-hybridized carbons (Fsp3) is 0.200. The number of rotatable bonds is 4. The van der Waals surface area contributed by atoms with Gasteiger partial charge in [-0.25, -0.2) is 0 Å². The Labute approximate surface area is 152 Å². The molecule has 2 aromatic rings. The molecule has 0 aliphatic carbocycles. The molecular formula is C20H19ClN2O2. The van der Waals surface area contributed by atoms with Crippen molar-refractivity contribution in [3.63, 3.8) is 0 Å². The number of halogens is 1. The van der Waals surface area contributed by atoms with Crippen molar-refractivity contribution in [2.75, 3.05) is 5.32 Å². The van der Waals surface area contributed by atoms with Crippen molar-refractivity contribution >= 4 is 34.7 Å². The molecule has 0 unspecified atom stereocenters. The summed E-state index contributed by atoms with van der Waals surface area (Å²) in [5, 5.41) is 3.75. The van der Waals surface area contributed by atoms with Gasteiger partial charge in [0.25, 0.3) is 11.8 Å². The highest BCUT2D eigenvalue weighted by molar-refractivity contribution is 6.37. The van der Waals surface area contributed by atoms with Crippen LogP contribution in [0.2, 0.25) is 5.02 Å². The van der Waals surface area contributed by atoms with Crippen molar-refractivity contribution < 1.29 is 9.59 Å². The van der Waals surface area contributed by atoms with E-state index < -0.39 is 0 Å². The molecule has 1 heterocycles. The summed E-state index contributed by atoms with van der Waals surface area (Å²) in [6.45, 7) is 5.52. The second kappa shape index (κ2) is 6.73. The Hall–Kier alpha value is -2.59. The first-order valence-corrected chi connectivity index (χ1v) is 8.49. The largest absolute Gasteiger partial charge is 0.350 e. The van der Waals surface area contributed by atoms with Crippen molar-refractivity contribution in [1.29, 1.82) is 0 Å². The summed E-state index contributed by atoms with van der Waals surface area (Å²) in [5.41, 5.74) is 2.93. The zero-order chi connectivity index (χ0) is 18.1. The van der Waals surface area contributed by atoms with Crippen LogP contribution in [0, 0.1) is 6.92 Å². The predicted molar refractivity (Wildman–Crippen MR) is 100 cm³/mol. The predicted octanol–water partition coefficient (Wildman–Crippen LogP) is 4.25. The molecule has 1 aliphatic rings. The molecule has 128 valence electrons. The number of nitrogens with one attached hydrogen (secondary N) is 1. The van der Waals surface area contributed by atoms with Crippen LogP contribution in [-0.4, -0.2) is 22.8 Å². The Bertz CT molecular complexity index is 873. The van der Waals surface area contributed by atoms with Gasteiger partial charge in [-0.05, 0) is 44.0 Å². The minimum Gasteiger partial charge on any atom is -0.350 e. The van der Waals surface area contributed by atoms with Crippen molar-refractivity contribution in [3.8, 4) is 0 Å². The van der Waals surface area contributed by atoms with Gasteiger partial charge in [-0.3, -0.25) is 14.5 Å². The number of amides is 2. The molecule has 0 spiro atoms. The average Bonchev–Trinajstić information content (AvgIpc) is 2.83. The van der Waals surface area contributed by atoms with Gasteiger partial charge in [0.2, 0.25) is 0 Å². The molecule has 0 saturated heterocycles. The van der Waals surface area contributed by atoms with E-state index in [0.717, 1.165) is 5.56 Å². The SMILES string of the molecule is Cc1c(Cl)cccc1NC1=C(c2ccccc2)C(=O)N(C(C)C)C1=O. The maximum absolute atomic E-state index is 12.9. The van der Waals surface area contributed by atoms with E-state index in [2.05, 4.69) is 5.32 Å². The van der Waals surface area contributed by atoms with E-state index in [9.17, 15) is 9.59 Å². The number of carbonyl (C=O) groups excluding carboxylic acids is 2. The normalized spacial score (nSPS) is 14.7. The second-order valence-electron chi connectivity index (χ2n) is 6.23. The highest BCUT2D eigenvalue weighted by Crippen LogP contribution is 2.33. The van der Waals surface area contributed by atoms with Crippen LogP contribution in [0.5, 0.6) is 0 Å². The summed E-state index contributed by atoms with van der Waals surface area (Å²) >= 11 is 6.18. The van der Waals surface area contributed by atoms with Crippen LogP contribution in [-0.2, 0) is 9.59 Å². The van der Waals surface area contributed by atoms with E-state index in [1.807, 2.05) is 63.2 Å². The molecule has 0 saturated carbocycles. The van der Waals surface area contributed by atoms with E-state index in [0.29, 0.717) is 21.8 Å². The molecule has 1 N–H and O–H groups in total. The lowest BCUT2D eigenvalue weighted by Crippen LogP contribution is -2.38. The van der Waals surface area contributed by atoms with Crippen molar-refractivity contribution in [2.45, 2.75) is 26.8 Å². The van der Waals surface area contributed by atoms with Gasteiger partial charge in [-0.1, -0.05) is 48.0 Å². The zero-order valence-electron chi connectivity index (χ0n) is 14.3. The number of imide groups is 1. The van der Waals surface area contributed by atoms with Crippen molar-refractivity contribution in [3.05, 3.63) is 70.4 Å². The molecule has 0 fully saturated rings. The van der Waals surface area contributed by atoms with Crippen molar-refractivity contribution in [1.82, 2.24) is 4.90 Å². The molecule has 2 aromatic carbocycles. The molecule has 4 nitrogen and oxygen atoms in total. The van der Waals surface area contributed by atoms with Crippen LogP contribution in [0.1, 0.15) is 25.0 Å². The van der Waals surface area contributed by atoms with Gasteiger partial charge in [0.1, 0.15) is 5.70 Å². The monoisotopic (exact) mass is 354 g/mol. The molecule has 25 heavy (non-hydrogen) atoms. The van der Waals surface area contributed by atoms with Crippen LogP contribution in [0.4, 0.5) is 5.69 Å². The van der Waals surface area contributed by atoms with Gasteiger partial charge in [-0.15, -0.1) is 0 Å². The number of carbonyl (C=O) groups is 2. The third-order valence-electron chi connectivity index (χ3n) is 4.22. The van der Waals surface area contributed by atoms with Crippen LogP contribution in [0.15, 0.2) is 54.2 Å². The van der Waals surface area contributed by atoms with Crippen LogP contribution >= 0.6 is 11.6 Å². The first-order chi connectivity index (χ1) is 11.9. The number of anilines is 1. The Morgan fingerprint density at radius 3 is 2.28 bits per heavy atom. The Morgan fingerprint density at radius 2 is 1.64 bits per heavy atom. The minimum atomic E-state index is -0.321. The van der Waals surface area contributed by atoms with Crippen LogP contribution in [0.3, 0.4) is 0 Å². The second-order valence-corrected chi connectivity index (χ2v) is 6.63. The Balaban J connectivity index is 2.13. The molecule has 5 heteroatoms. The standard InChI is InChI=1S/C20H19ClN2O2/c1-12(2)23-19(24)17(14-8-5-4-6-9-14)18(20(23)25)22-16-11-7-10-15(21)13(16)3/h4-12,22H,1-3H3. The molecule has 0 radical (unpaired) electrons. The highest BCUT2D eigenvalue weighted by Gasteiger charge is 2.40. The number of hydrogen-bond donors (Lipinski definition) is 1. The number of benzene rings is 2. The fourth-order valence-corrected chi connectivity index (χ4v) is 3.06. The lowest BCUT2D eigenvalue weighted by Gasteiger charge is -2.19. The van der Waals surface area contributed by atoms with Gasteiger partial charge < -0.3 is 5.32 Å². The smallest absolute Gasteiger partial charge is 0.278 e. The van der Waals surface area contributed by atoms with E-state index in [1.54, 1.807) is 6.07 Å². The van der Waals surface area contributed by atoms with Crippen molar-refractivity contribution in [2.24, 2.45) is 0 Å². The van der Waals surface area contributed by atoms with E-state index in [-0.39, 0.29) is 23.6 Å². The first kappa shape index (κ1) is 17.2. The molecule has 0 atom stereocenters. The summed E-state index contributed by atoms with van der Waals surface area (Å²) in [7, 11) is 0. The maximum Gasteiger partial charge on any atom is 0.278 e. The molecular weight excluding hydrogens is 336 g/mol. The molecule has 0 bridgehead atoms. The quantitative estimate of drug-likeness (QED) is 0.835. The summed E-state index contributed by atoms with van der Waals surface area (Å²) in [6, 6.07) is 14.4. The first-order valence-electron chi connectivity index (χ1n) is 8.11. The number of nitrogens with zero attached hydrogens (tertiary/aromatic N) is 1. The summed E-state index contributed by atoms with van der Waals surface area (Å²) in [5.74, 6) is -0.605. The topological polar surface area (TPSA) is 49.4 Å². The third kappa shape index (κ3) is 3.05. The molecule has 2 amide bonds. The van der Waals surface area contributed by atoms with Gasteiger partial charge in [0.15, 0.2) is 0 Å². The number of hydrogen-bond acceptors (Lipinski definition) is 3. The Kier molecular flexibility index (Phi) is 4.64. The third-order valence-corrected chi connectivity index (χ3v) is 4.63. The maximum atomic E-state index is 12.9. The highest BCUT2D eigenvalue weighted by atomic mass is 35.5. The summed E-state index contributed by atoms with van der Waals surface area (Å²) < 4.78 is 0. The average molecular weight is 355 g/mol. The fourth-order valence-electron chi connectivity index (χ4n) is 2.88. The summed E-state index contributed by atoms with van der Waals surface area (Å²) in [4.78, 5) is 27.1. The minimum absolute atomic E-state index is 0.224. The van der Waals surface area contributed by atoms with E-state index in [4.69, 9.17) is 11.6 Å². The lowest BCUT2D eigenvalue weighted by atomic mass is 10.0. The van der Waals surface area contributed by atoms with Gasteiger partial charge >= 0.3 is 0 Å². The summed E-state index contributed by atoms with van der Waals surface area (Å²) in [6.07, 6.45) is 0. The van der Waals surface area contributed by atoms with Gasteiger partial charge in [-0.2, -0.15) is 0 Å². The van der Waals surface area contributed by atoms with E-state index >= 15 is 0 Å². The molecule has 1 aliphatic heterocycles. The molecule has 3 rings (SSSR count). The Morgan fingerprint density at radius 1 is 0.960 bits per heavy atom.